The van der Waals surface area contributed by atoms with Gasteiger partial charge in [-0.1, -0.05) is 24.3 Å². The van der Waals surface area contributed by atoms with Gasteiger partial charge in [0.1, 0.15) is 11.8 Å². The first-order chi connectivity index (χ1) is 13.3. The molecular formula is C22H27N3O3. The second kappa shape index (κ2) is 7.92. The van der Waals surface area contributed by atoms with Crippen LogP contribution in [0.15, 0.2) is 48.5 Å². The molecule has 0 aromatic heterocycles. The Kier molecular flexibility index (Phi) is 5.58. The Bertz CT molecular complexity index is 856. The minimum Gasteiger partial charge on any atom is -0.497 e. The molecule has 2 N–H and O–H groups in total. The van der Waals surface area contributed by atoms with E-state index in [2.05, 4.69) is 10.6 Å². The normalized spacial score (nSPS) is 16.1. The first-order valence-corrected chi connectivity index (χ1v) is 9.37. The van der Waals surface area contributed by atoms with Gasteiger partial charge >= 0.3 is 6.03 Å². The van der Waals surface area contributed by atoms with Crippen LogP contribution in [0.2, 0.25) is 0 Å². The molecule has 6 heteroatoms. The van der Waals surface area contributed by atoms with Crippen LogP contribution in [0, 0.1) is 0 Å². The van der Waals surface area contributed by atoms with E-state index < -0.39 is 6.04 Å². The van der Waals surface area contributed by atoms with E-state index in [-0.39, 0.29) is 17.5 Å². The first kappa shape index (κ1) is 19.7. The average Bonchev–Trinajstić information content (AvgIpc) is 2.66. The van der Waals surface area contributed by atoms with E-state index in [0.717, 1.165) is 11.1 Å². The molecule has 0 spiro atoms. The predicted molar refractivity (Wildman–Crippen MR) is 109 cm³/mol. The van der Waals surface area contributed by atoms with Crippen molar-refractivity contribution in [2.75, 3.05) is 12.4 Å². The number of hydrogen-bond donors (Lipinski definition) is 2. The van der Waals surface area contributed by atoms with Crippen LogP contribution >= 0.6 is 0 Å². The molecular weight excluding hydrogens is 354 g/mol. The molecule has 1 aliphatic rings. The average molecular weight is 381 g/mol. The summed E-state index contributed by atoms with van der Waals surface area (Å²) >= 11 is 0. The van der Waals surface area contributed by atoms with Crippen molar-refractivity contribution in [2.45, 2.75) is 45.3 Å². The van der Waals surface area contributed by atoms with Crippen molar-refractivity contribution >= 4 is 17.6 Å². The largest absolute Gasteiger partial charge is 0.497 e. The van der Waals surface area contributed by atoms with E-state index in [9.17, 15) is 9.59 Å². The summed E-state index contributed by atoms with van der Waals surface area (Å²) in [5.41, 5.74) is 2.45. The molecule has 0 fully saturated rings. The highest BCUT2D eigenvalue weighted by Gasteiger charge is 2.35. The first-order valence-electron chi connectivity index (χ1n) is 9.37. The Morgan fingerprint density at radius 3 is 2.29 bits per heavy atom. The lowest BCUT2D eigenvalue weighted by molar-refractivity contribution is -0.127. The van der Waals surface area contributed by atoms with Crippen LogP contribution in [0.1, 0.15) is 31.9 Å². The molecule has 2 aromatic carbocycles. The fourth-order valence-electron chi connectivity index (χ4n) is 3.29. The molecule has 28 heavy (non-hydrogen) atoms. The number of amides is 3. The van der Waals surface area contributed by atoms with Crippen LogP contribution in [0.3, 0.4) is 0 Å². The molecule has 0 unspecified atom stereocenters. The van der Waals surface area contributed by atoms with E-state index in [1.165, 1.54) is 0 Å². The summed E-state index contributed by atoms with van der Waals surface area (Å²) in [5, 5.41) is 5.90. The van der Waals surface area contributed by atoms with Crippen LogP contribution in [0.25, 0.3) is 0 Å². The zero-order chi connectivity index (χ0) is 20.3. The number of rotatable bonds is 3. The Labute approximate surface area is 165 Å². The van der Waals surface area contributed by atoms with E-state index >= 15 is 0 Å². The maximum atomic E-state index is 13.0. The van der Waals surface area contributed by atoms with Gasteiger partial charge in [0.2, 0.25) is 5.91 Å². The van der Waals surface area contributed by atoms with Gasteiger partial charge in [-0.2, -0.15) is 0 Å². The quantitative estimate of drug-likeness (QED) is 0.854. The molecule has 1 heterocycles. The van der Waals surface area contributed by atoms with E-state index in [4.69, 9.17) is 4.74 Å². The van der Waals surface area contributed by atoms with Gasteiger partial charge in [-0.15, -0.1) is 0 Å². The lowest BCUT2D eigenvalue weighted by Gasteiger charge is -2.37. The molecule has 0 saturated carbocycles. The molecule has 6 nitrogen and oxygen atoms in total. The van der Waals surface area contributed by atoms with Gasteiger partial charge in [-0.25, -0.2) is 4.79 Å². The third-order valence-corrected chi connectivity index (χ3v) is 4.65. The Morgan fingerprint density at radius 2 is 1.68 bits per heavy atom. The summed E-state index contributed by atoms with van der Waals surface area (Å²) in [6.07, 6.45) is 0.494. The molecule has 2 aromatic rings. The second-order valence-corrected chi connectivity index (χ2v) is 8.01. The molecule has 1 aliphatic heterocycles. The Balaban J connectivity index is 1.83. The topological polar surface area (TPSA) is 70.7 Å². The summed E-state index contributed by atoms with van der Waals surface area (Å²) in [4.78, 5) is 27.5. The van der Waals surface area contributed by atoms with Gasteiger partial charge < -0.3 is 20.3 Å². The number of urea groups is 1. The lowest BCUT2D eigenvalue weighted by Crippen LogP contribution is -2.56. The fraction of sp³-hybridized carbons (Fsp3) is 0.364. The lowest BCUT2D eigenvalue weighted by atomic mass is 9.93. The smallest absolute Gasteiger partial charge is 0.322 e. The van der Waals surface area contributed by atoms with Crippen LogP contribution in [-0.2, 0) is 17.8 Å². The number of nitrogens with zero attached hydrogens (tertiary/aromatic N) is 1. The van der Waals surface area contributed by atoms with Crippen molar-refractivity contribution in [1.82, 2.24) is 10.2 Å². The second-order valence-electron chi connectivity index (χ2n) is 8.01. The molecule has 148 valence electrons. The summed E-state index contributed by atoms with van der Waals surface area (Å²) < 4.78 is 5.15. The molecule has 3 amide bonds. The van der Waals surface area contributed by atoms with E-state index in [0.29, 0.717) is 24.4 Å². The van der Waals surface area contributed by atoms with Gasteiger partial charge in [0.25, 0.3) is 0 Å². The highest BCUT2D eigenvalue weighted by Crippen LogP contribution is 2.25. The van der Waals surface area contributed by atoms with E-state index in [1.807, 2.05) is 45.0 Å². The number of ether oxygens (including phenoxy) is 1. The van der Waals surface area contributed by atoms with E-state index in [1.54, 1.807) is 36.3 Å². The summed E-state index contributed by atoms with van der Waals surface area (Å²) in [5.74, 6) is 0.569. The number of methoxy groups -OCH3 is 1. The van der Waals surface area contributed by atoms with Crippen molar-refractivity contribution < 1.29 is 14.3 Å². The SMILES string of the molecule is COc1ccc(NC(=O)N2Cc3ccccc3C[C@@H]2C(=O)NC(C)(C)C)cc1. The molecule has 1 atom stereocenters. The Morgan fingerprint density at radius 1 is 1.04 bits per heavy atom. The minimum atomic E-state index is -0.563. The van der Waals surface area contributed by atoms with Crippen molar-refractivity contribution in [3.63, 3.8) is 0 Å². The van der Waals surface area contributed by atoms with Gasteiger partial charge in [0, 0.05) is 24.2 Å². The van der Waals surface area contributed by atoms with Crippen molar-refractivity contribution in [3.8, 4) is 5.75 Å². The van der Waals surface area contributed by atoms with Crippen LogP contribution in [-0.4, -0.2) is 35.5 Å². The van der Waals surface area contributed by atoms with Gasteiger partial charge in [-0.3, -0.25) is 4.79 Å². The summed E-state index contributed by atoms with van der Waals surface area (Å²) in [6.45, 7) is 6.19. The minimum absolute atomic E-state index is 0.146. The number of fused-ring (bicyclic) bond motifs is 1. The predicted octanol–water partition coefficient (Wildman–Crippen LogP) is 3.57. The monoisotopic (exact) mass is 381 g/mol. The third kappa shape index (κ3) is 4.63. The number of benzene rings is 2. The number of carbonyl (C=O) groups is 2. The number of nitrogens with one attached hydrogen (secondary N) is 2. The van der Waals surface area contributed by atoms with Crippen molar-refractivity contribution in [1.29, 1.82) is 0 Å². The number of carbonyl (C=O) groups excluding carboxylic acids is 2. The van der Waals surface area contributed by atoms with Crippen molar-refractivity contribution in [2.24, 2.45) is 0 Å². The van der Waals surface area contributed by atoms with Crippen LogP contribution in [0.5, 0.6) is 5.75 Å². The molecule has 0 radical (unpaired) electrons. The highest BCUT2D eigenvalue weighted by molar-refractivity contribution is 5.94. The number of anilines is 1. The molecule has 0 bridgehead atoms. The maximum Gasteiger partial charge on any atom is 0.322 e. The molecule has 3 rings (SSSR count). The fourth-order valence-corrected chi connectivity index (χ4v) is 3.29. The standard InChI is InChI=1S/C22H27N3O3/c1-22(2,3)24-20(26)19-13-15-7-5-6-8-16(15)14-25(19)21(27)23-17-9-11-18(28-4)12-10-17/h5-12,19H,13-14H2,1-4H3,(H,23,27)(H,24,26)/t19-/m1/s1. The van der Waals surface area contributed by atoms with Crippen LogP contribution in [0.4, 0.5) is 10.5 Å². The summed E-state index contributed by atoms with van der Waals surface area (Å²) in [7, 11) is 1.59. The van der Waals surface area contributed by atoms with Crippen LogP contribution < -0.4 is 15.4 Å². The third-order valence-electron chi connectivity index (χ3n) is 4.65. The van der Waals surface area contributed by atoms with Gasteiger partial charge in [-0.05, 0) is 56.2 Å². The number of hydrogen-bond acceptors (Lipinski definition) is 3. The van der Waals surface area contributed by atoms with Gasteiger partial charge in [0.15, 0.2) is 0 Å². The Hall–Kier alpha value is -3.02. The highest BCUT2D eigenvalue weighted by atomic mass is 16.5. The summed E-state index contributed by atoms with van der Waals surface area (Å²) in [6, 6.07) is 14.2. The molecule has 0 aliphatic carbocycles. The van der Waals surface area contributed by atoms with Gasteiger partial charge in [0.05, 0.1) is 7.11 Å². The molecule has 0 saturated heterocycles. The van der Waals surface area contributed by atoms with Crippen molar-refractivity contribution in [3.05, 3.63) is 59.7 Å². The zero-order valence-corrected chi connectivity index (χ0v) is 16.8. The maximum absolute atomic E-state index is 13.0. The zero-order valence-electron chi connectivity index (χ0n) is 16.8.